The van der Waals surface area contributed by atoms with Crippen LogP contribution in [0.15, 0.2) is 60.8 Å². The van der Waals surface area contributed by atoms with Gasteiger partial charge in [-0.15, -0.1) is 0 Å². The third-order valence-corrected chi connectivity index (χ3v) is 3.69. The number of halogens is 2. The van der Waals surface area contributed by atoms with Crippen LogP contribution in [0, 0.1) is 5.82 Å². The summed E-state index contributed by atoms with van der Waals surface area (Å²) in [4.78, 5) is 12.1. The molecule has 1 amide bonds. The van der Waals surface area contributed by atoms with Gasteiger partial charge in [0.05, 0.1) is 0 Å². The van der Waals surface area contributed by atoms with E-state index in [-0.39, 0.29) is 17.3 Å². The second kappa shape index (κ2) is 6.62. The molecule has 116 valence electrons. The highest BCUT2D eigenvalue weighted by Gasteiger charge is 2.12. The van der Waals surface area contributed by atoms with Gasteiger partial charge in [0.25, 0.3) is 5.91 Å². The summed E-state index contributed by atoms with van der Waals surface area (Å²) in [6.45, 7) is 0.297. The quantitative estimate of drug-likeness (QED) is 0.795. The molecule has 0 atom stereocenters. The minimum Gasteiger partial charge on any atom is -0.347 e. The first-order valence-electron chi connectivity index (χ1n) is 6.97. The first-order chi connectivity index (χ1) is 11.1. The highest BCUT2D eigenvalue weighted by atomic mass is 35.5. The van der Waals surface area contributed by atoms with E-state index in [4.69, 9.17) is 11.6 Å². The summed E-state index contributed by atoms with van der Waals surface area (Å²) in [6, 6.07) is 15.0. The number of benzene rings is 2. The van der Waals surface area contributed by atoms with E-state index in [0.717, 1.165) is 5.56 Å². The monoisotopic (exact) mass is 329 g/mol. The first-order valence-corrected chi connectivity index (χ1v) is 7.35. The smallest absolute Gasteiger partial charge is 0.272 e. The van der Waals surface area contributed by atoms with Crippen LogP contribution < -0.4 is 5.32 Å². The van der Waals surface area contributed by atoms with Crippen LogP contribution in [-0.2, 0) is 6.54 Å². The maximum Gasteiger partial charge on any atom is 0.272 e. The van der Waals surface area contributed by atoms with Crippen molar-refractivity contribution in [3.8, 4) is 5.69 Å². The molecule has 1 aromatic heterocycles. The molecule has 0 aliphatic rings. The zero-order valence-electron chi connectivity index (χ0n) is 12.0. The summed E-state index contributed by atoms with van der Waals surface area (Å²) >= 11 is 6.04. The lowest BCUT2D eigenvalue weighted by Gasteiger charge is -2.05. The van der Waals surface area contributed by atoms with Crippen molar-refractivity contribution in [1.29, 1.82) is 0 Å². The molecule has 0 saturated heterocycles. The van der Waals surface area contributed by atoms with Crippen LogP contribution in [0.4, 0.5) is 4.39 Å². The molecule has 0 radical (unpaired) electrons. The Morgan fingerprint density at radius 2 is 1.87 bits per heavy atom. The van der Waals surface area contributed by atoms with Crippen LogP contribution in [0.2, 0.25) is 5.02 Å². The number of aromatic nitrogens is 2. The molecule has 23 heavy (non-hydrogen) atoms. The van der Waals surface area contributed by atoms with E-state index in [1.807, 2.05) is 18.2 Å². The van der Waals surface area contributed by atoms with Crippen LogP contribution >= 0.6 is 11.6 Å². The summed E-state index contributed by atoms with van der Waals surface area (Å²) in [7, 11) is 0. The van der Waals surface area contributed by atoms with Gasteiger partial charge in [-0.3, -0.25) is 4.79 Å². The zero-order valence-corrected chi connectivity index (χ0v) is 12.8. The van der Waals surface area contributed by atoms with Gasteiger partial charge in [0, 0.05) is 17.8 Å². The van der Waals surface area contributed by atoms with Crippen LogP contribution in [0.25, 0.3) is 5.69 Å². The third kappa shape index (κ3) is 3.40. The number of carbonyl (C=O) groups excluding carboxylic acids is 1. The summed E-state index contributed by atoms with van der Waals surface area (Å²) in [6.07, 6.45) is 1.54. The van der Waals surface area contributed by atoms with Crippen molar-refractivity contribution in [2.24, 2.45) is 0 Å². The largest absolute Gasteiger partial charge is 0.347 e. The van der Waals surface area contributed by atoms with Crippen LogP contribution in [0.5, 0.6) is 0 Å². The Hall–Kier alpha value is -2.66. The molecule has 0 bridgehead atoms. The van der Waals surface area contributed by atoms with Gasteiger partial charge in [0.2, 0.25) is 0 Å². The predicted molar refractivity (Wildman–Crippen MR) is 86.1 cm³/mol. The average Bonchev–Trinajstić information content (AvgIpc) is 3.04. The Morgan fingerprint density at radius 1 is 1.13 bits per heavy atom. The summed E-state index contributed by atoms with van der Waals surface area (Å²) in [5.74, 6) is -0.751. The number of rotatable bonds is 4. The number of carbonyl (C=O) groups is 1. The number of nitrogens with zero attached hydrogens (tertiary/aromatic N) is 2. The highest BCUT2D eigenvalue weighted by molar-refractivity contribution is 6.31. The SMILES string of the molecule is O=C(NCc1ccccc1Cl)c1ccn(-c2ccccc2F)n1. The Kier molecular flexibility index (Phi) is 4.39. The fourth-order valence-corrected chi connectivity index (χ4v) is 2.33. The average molecular weight is 330 g/mol. The van der Waals surface area contributed by atoms with Gasteiger partial charge in [-0.25, -0.2) is 9.07 Å². The molecule has 6 heteroatoms. The minimum atomic E-state index is -0.404. The molecule has 0 spiro atoms. The second-order valence-electron chi connectivity index (χ2n) is 4.87. The summed E-state index contributed by atoms with van der Waals surface area (Å²) in [5.41, 5.74) is 1.31. The maximum atomic E-state index is 13.7. The molecule has 0 aliphatic heterocycles. The fourth-order valence-electron chi connectivity index (χ4n) is 2.12. The second-order valence-corrected chi connectivity index (χ2v) is 5.28. The zero-order chi connectivity index (χ0) is 16.2. The molecular weight excluding hydrogens is 317 g/mol. The fraction of sp³-hybridized carbons (Fsp3) is 0.0588. The van der Waals surface area contributed by atoms with Crippen molar-refractivity contribution in [2.45, 2.75) is 6.54 Å². The summed E-state index contributed by atoms with van der Waals surface area (Å²) < 4.78 is 15.1. The maximum absolute atomic E-state index is 13.7. The molecule has 0 saturated carbocycles. The minimum absolute atomic E-state index is 0.209. The number of hydrogen-bond donors (Lipinski definition) is 1. The van der Waals surface area contributed by atoms with Crippen molar-refractivity contribution in [3.63, 3.8) is 0 Å². The van der Waals surface area contributed by atoms with Crippen molar-refractivity contribution in [1.82, 2.24) is 15.1 Å². The Balaban J connectivity index is 1.72. The molecule has 4 nitrogen and oxygen atoms in total. The molecule has 0 unspecified atom stereocenters. The van der Waals surface area contributed by atoms with E-state index >= 15 is 0 Å². The molecule has 1 heterocycles. The van der Waals surface area contributed by atoms with Crippen LogP contribution in [-0.4, -0.2) is 15.7 Å². The van der Waals surface area contributed by atoms with E-state index < -0.39 is 5.82 Å². The molecule has 1 N–H and O–H groups in total. The standard InChI is InChI=1S/C17H13ClFN3O/c18-13-6-2-1-5-12(13)11-20-17(23)15-9-10-22(21-15)16-8-4-3-7-14(16)19/h1-10H,11H2,(H,20,23). The van der Waals surface area contributed by atoms with Crippen LogP contribution in [0.1, 0.15) is 16.1 Å². The first kappa shape index (κ1) is 15.2. The van der Waals surface area contributed by atoms with Gasteiger partial charge in [-0.05, 0) is 29.8 Å². The molecule has 3 rings (SSSR count). The molecule has 2 aromatic carbocycles. The molecule has 0 aliphatic carbocycles. The van der Waals surface area contributed by atoms with Gasteiger partial charge in [0.15, 0.2) is 5.69 Å². The van der Waals surface area contributed by atoms with Crippen molar-refractivity contribution >= 4 is 17.5 Å². The Bertz CT molecular complexity index is 847. The van der Waals surface area contributed by atoms with E-state index in [9.17, 15) is 9.18 Å². The third-order valence-electron chi connectivity index (χ3n) is 3.32. The molecule has 0 fully saturated rings. The molecular formula is C17H13ClFN3O. The lowest BCUT2D eigenvalue weighted by atomic mass is 10.2. The topological polar surface area (TPSA) is 46.9 Å². The lowest BCUT2D eigenvalue weighted by molar-refractivity contribution is 0.0945. The van der Waals surface area contributed by atoms with E-state index in [1.165, 1.54) is 16.8 Å². The lowest BCUT2D eigenvalue weighted by Crippen LogP contribution is -2.23. The highest BCUT2D eigenvalue weighted by Crippen LogP contribution is 2.15. The van der Waals surface area contributed by atoms with Gasteiger partial charge in [0.1, 0.15) is 11.5 Å². The number of para-hydroxylation sites is 1. The van der Waals surface area contributed by atoms with E-state index in [0.29, 0.717) is 11.6 Å². The van der Waals surface area contributed by atoms with Gasteiger partial charge in [-0.2, -0.15) is 5.10 Å². The molecule has 3 aromatic rings. The van der Waals surface area contributed by atoms with Crippen molar-refractivity contribution in [2.75, 3.05) is 0 Å². The van der Waals surface area contributed by atoms with Crippen molar-refractivity contribution in [3.05, 3.63) is 82.9 Å². The van der Waals surface area contributed by atoms with Gasteiger partial charge in [-0.1, -0.05) is 41.9 Å². The van der Waals surface area contributed by atoms with Gasteiger partial charge < -0.3 is 5.32 Å². The van der Waals surface area contributed by atoms with Crippen LogP contribution in [0.3, 0.4) is 0 Å². The number of hydrogen-bond acceptors (Lipinski definition) is 2. The summed E-state index contributed by atoms with van der Waals surface area (Å²) in [5, 5.41) is 7.44. The van der Waals surface area contributed by atoms with Gasteiger partial charge >= 0.3 is 0 Å². The van der Waals surface area contributed by atoms with Crippen molar-refractivity contribution < 1.29 is 9.18 Å². The van der Waals surface area contributed by atoms with E-state index in [2.05, 4.69) is 10.4 Å². The Labute approximate surface area is 137 Å². The number of nitrogens with one attached hydrogen (secondary N) is 1. The predicted octanol–water partition coefficient (Wildman–Crippen LogP) is 3.59. The number of amides is 1. The Morgan fingerprint density at radius 3 is 2.65 bits per heavy atom. The normalized spacial score (nSPS) is 10.5. The van der Waals surface area contributed by atoms with E-state index in [1.54, 1.807) is 30.5 Å².